The topological polar surface area (TPSA) is 66.4 Å². The van der Waals surface area contributed by atoms with Gasteiger partial charge in [0.1, 0.15) is 6.04 Å². The summed E-state index contributed by atoms with van der Waals surface area (Å²) in [5.41, 5.74) is 0. The number of hydrogen-bond acceptors (Lipinski definition) is 2. The highest BCUT2D eigenvalue weighted by Crippen LogP contribution is 1.89. The van der Waals surface area contributed by atoms with E-state index >= 15 is 0 Å². The maximum absolute atomic E-state index is 10.3. The van der Waals surface area contributed by atoms with Gasteiger partial charge in [0.15, 0.2) is 0 Å². The standard InChI is InChI=1S/C6H11NO3.H2/c1-3-5(6(9)10)7-4(2)8;/h5H,3H2,1-2H3,(H,7,8)(H,9,10);1H/t5-;/m0./s1. The lowest BCUT2D eigenvalue weighted by molar-refractivity contribution is -0.141. The fraction of sp³-hybridized carbons (Fsp3) is 0.667. The molecule has 0 aromatic heterocycles. The van der Waals surface area contributed by atoms with E-state index in [2.05, 4.69) is 5.32 Å². The van der Waals surface area contributed by atoms with Crippen molar-refractivity contribution in [3.63, 3.8) is 0 Å². The Morgan fingerprint density at radius 2 is 2.20 bits per heavy atom. The van der Waals surface area contributed by atoms with Gasteiger partial charge in [0, 0.05) is 8.35 Å². The van der Waals surface area contributed by atoms with Gasteiger partial charge in [-0.25, -0.2) is 4.79 Å². The van der Waals surface area contributed by atoms with Gasteiger partial charge in [-0.3, -0.25) is 4.79 Å². The molecule has 0 bridgehead atoms. The molecule has 0 unspecified atom stereocenters. The maximum Gasteiger partial charge on any atom is 0.326 e. The van der Waals surface area contributed by atoms with Crippen molar-refractivity contribution in [2.45, 2.75) is 26.3 Å². The van der Waals surface area contributed by atoms with Crippen molar-refractivity contribution in [1.82, 2.24) is 5.32 Å². The lowest BCUT2D eigenvalue weighted by atomic mass is 10.2. The number of aliphatic carboxylic acids is 1. The van der Waals surface area contributed by atoms with Crippen molar-refractivity contribution in [3.05, 3.63) is 0 Å². The first-order valence-corrected chi connectivity index (χ1v) is 3.07. The van der Waals surface area contributed by atoms with Gasteiger partial charge < -0.3 is 10.4 Å². The Balaban J connectivity index is 0. The molecule has 4 heteroatoms. The minimum Gasteiger partial charge on any atom is -0.480 e. The molecule has 0 aliphatic heterocycles. The van der Waals surface area contributed by atoms with Gasteiger partial charge in [-0.15, -0.1) is 0 Å². The second-order valence-corrected chi connectivity index (χ2v) is 2.00. The Labute approximate surface area is 60.7 Å². The summed E-state index contributed by atoms with van der Waals surface area (Å²) in [6.45, 7) is 3.00. The van der Waals surface area contributed by atoms with E-state index in [9.17, 15) is 9.59 Å². The van der Waals surface area contributed by atoms with E-state index in [0.717, 1.165) is 0 Å². The zero-order valence-corrected chi connectivity index (χ0v) is 6.05. The molecule has 0 rings (SSSR count). The predicted octanol–water partition coefficient (Wildman–Crippen LogP) is 0.232. The lowest BCUT2D eigenvalue weighted by Crippen LogP contribution is -2.38. The second kappa shape index (κ2) is 3.87. The van der Waals surface area contributed by atoms with Crippen LogP contribution in [-0.4, -0.2) is 23.0 Å². The van der Waals surface area contributed by atoms with Crippen molar-refractivity contribution in [2.75, 3.05) is 0 Å². The van der Waals surface area contributed by atoms with Crippen LogP contribution in [0.4, 0.5) is 0 Å². The van der Waals surface area contributed by atoms with E-state index < -0.39 is 12.0 Å². The number of amides is 1. The molecule has 2 N–H and O–H groups in total. The van der Waals surface area contributed by atoms with Crippen LogP contribution in [0.3, 0.4) is 0 Å². The van der Waals surface area contributed by atoms with Gasteiger partial charge in [-0.05, 0) is 6.42 Å². The highest BCUT2D eigenvalue weighted by molar-refractivity contribution is 5.81. The van der Waals surface area contributed by atoms with Crippen LogP contribution < -0.4 is 5.32 Å². The van der Waals surface area contributed by atoms with E-state index in [1.54, 1.807) is 6.92 Å². The Bertz CT molecular complexity index is 149. The van der Waals surface area contributed by atoms with Crippen molar-refractivity contribution >= 4 is 11.9 Å². The number of carboxylic acid groups (broad SMARTS) is 1. The first kappa shape index (κ1) is 8.94. The van der Waals surface area contributed by atoms with E-state index in [0.29, 0.717) is 6.42 Å². The smallest absolute Gasteiger partial charge is 0.326 e. The molecule has 0 aromatic rings. The number of hydrogen-bond donors (Lipinski definition) is 2. The van der Waals surface area contributed by atoms with Gasteiger partial charge in [-0.2, -0.15) is 0 Å². The molecule has 0 fully saturated rings. The summed E-state index contributed by atoms with van der Waals surface area (Å²) in [4.78, 5) is 20.6. The van der Waals surface area contributed by atoms with Crippen LogP contribution in [0.15, 0.2) is 0 Å². The molecule has 0 aliphatic rings. The second-order valence-electron chi connectivity index (χ2n) is 2.00. The number of carbonyl (C=O) groups excluding carboxylic acids is 1. The average Bonchev–Trinajstić information content (AvgIpc) is 1.81. The molecule has 0 spiro atoms. The molecule has 0 aliphatic carbocycles. The van der Waals surface area contributed by atoms with E-state index in [-0.39, 0.29) is 7.33 Å². The molecule has 10 heavy (non-hydrogen) atoms. The van der Waals surface area contributed by atoms with E-state index in [1.165, 1.54) is 6.92 Å². The average molecular weight is 147 g/mol. The lowest BCUT2D eigenvalue weighted by Gasteiger charge is -2.08. The van der Waals surface area contributed by atoms with Gasteiger partial charge in [-0.1, -0.05) is 6.92 Å². The van der Waals surface area contributed by atoms with Gasteiger partial charge >= 0.3 is 5.97 Å². The Hall–Kier alpha value is -1.06. The zero-order chi connectivity index (χ0) is 8.15. The van der Waals surface area contributed by atoms with Crippen LogP contribution >= 0.6 is 0 Å². The van der Waals surface area contributed by atoms with Crippen LogP contribution in [0, 0.1) is 0 Å². The van der Waals surface area contributed by atoms with Gasteiger partial charge in [0.05, 0.1) is 0 Å². The Morgan fingerprint density at radius 3 is 2.30 bits per heavy atom. The third kappa shape index (κ3) is 3.06. The molecule has 0 aromatic carbocycles. The minimum atomic E-state index is -0.988. The molecular formula is C6H13NO3. The van der Waals surface area contributed by atoms with E-state index in [4.69, 9.17) is 5.11 Å². The first-order valence-electron chi connectivity index (χ1n) is 3.07. The normalized spacial score (nSPS) is 12.2. The molecule has 1 atom stereocenters. The monoisotopic (exact) mass is 147 g/mol. The van der Waals surface area contributed by atoms with Crippen LogP contribution in [0.2, 0.25) is 0 Å². The Morgan fingerprint density at radius 1 is 1.70 bits per heavy atom. The third-order valence-electron chi connectivity index (χ3n) is 1.08. The van der Waals surface area contributed by atoms with Crippen LogP contribution in [0.25, 0.3) is 0 Å². The molecular weight excluding hydrogens is 134 g/mol. The van der Waals surface area contributed by atoms with E-state index in [1.807, 2.05) is 0 Å². The zero-order valence-electron chi connectivity index (χ0n) is 6.05. The summed E-state index contributed by atoms with van der Waals surface area (Å²) in [7, 11) is 0. The van der Waals surface area contributed by atoms with Crippen LogP contribution in [0.1, 0.15) is 21.7 Å². The summed E-state index contributed by atoms with van der Waals surface area (Å²) in [5.74, 6) is -1.30. The summed E-state index contributed by atoms with van der Waals surface area (Å²) in [6.07, 6.45) is 0.412. The predicted molar refractivity (Wildman–Crippen MR) is 37.6 cm³/mol. The maximum atomic E-state index is 10.3. The summed E-state index contributed by atoms with van der Waals surface area (Å²) in [6, 6.07) is -0.738. The van der Waals surface area contributed by atoms with Crippen molar-refractivity contribution in [3.8, 4) is 0 Å². The fourth-order valence-corrected chi connectivity index (χ4v) is 0.584. The van der Waals surface area contributed by atoms with Gasteiger partial charge in [0.25, 0.3) is 0 Å². The van der Waals surface area contributed by atoms with Crippen LogP contribution in [-0.2, 0) is 9.59 Å². The number of carboxylic acids is 1. The molecule has 0 saturated carbocycles. The largest absolute Gasteiger partial charge is 0.480 e. The molecule has 4 nitrogen and oxygen atoms in total. The van der Waals surface area contributed by atoms with Gasteiger partial charge in [0.2, 0.25) is 5.91 Å². The molecule has 0 saturated heterocycles. The highest BCUT2D eigenvalue weighted by Gasteiger charge is 2.14. The first-order chi connectivity index (χ1) is 4.57. The summed E-state index contributed by atoms with van der Waals surface area (Å²) >= 11 is 0. The van der Waals surface area contributed by atoms with Crippen LogP contribution in [0.5, 0.6) is 0 Å². The fourth-order valence-electron chi connectivity index (χ4n) is 0.584. The minimum absolute atomic E-state index is 0. The summed E-state index contributed by atoms with van der Waals surface area (Å²) in [5, 5.41) is 10.7. The number of carbonyl (C=O) groups is 2. The van der Waals surface area contributed by atoms with Crippen molar-refractivity contribution in [2.24, 2.45) is 0 Å². The number of nitrogens with one attached hydrogen (secondary N) is 1. The quantitative estimate of drug-likeness (QED) is 0.600. The Kier molecular flexibility index (Phi) is 3.46. The SMILES string of the molecule is CC[C@H](NC(C)=O)C(=O)O.[HH]. The molecule has 60 valence electrons. The summed E-state index contributed by atoms with van der Waals surface area (Å²) < 4.78 is 0. The highest BCUT2D eigenvalue weighted by atomic mass is 16.4. The molecule has 0 radical (unpaired) electrons. The van der Waals surface area contributed by atoms with Crippen molar-refractivity contribution < 1.29 is 16.1 Å². The molecule has 0 heterocycles. The number of rotatable bonds is 3. The van der Waals surface area contributed by atoms with Crippen molar-refractivity contribution in [1.29, 1.82) is 0 Å². The molecule has 1 amide bonds. The third-order valence-corrected chi connectivity index (χ3v) is 1.08.